The van der Waals surface area contributed by atoms with E-state index in [1.54, 1.807) is 6.07 Å². The van der Waals surface area contributed by atoms with Gasteiger partial charge in [-0.25, -0.2) is 0 Å². The smallest absolute Gasteiger partial charge is 0.250 e. The molecule has 0 saturated heterocycles. The molecule has 1 N–H and O–H groups in total. The molecule has 2 aromatic carbocycles. The van der Waals surface area contributed by atoms with Crippen LogP contribution < -0.4 is 5.32 Å². The number of benzene rings is 2. The van der Waals surface area contributed by atoms with Crippen molar-refractivity contribution in [2.24, 2.45) is 5.92 Å². The Morgan fingerprint density at radius 3 is 2.72 bits per heavy atom. The monoisotopic (exact) mass is 359 g/mol. The fourth-order valence-electron chi connectivity index (χ4n) is 2.43. The summed E-state index contributed by atoms with van der Waals surface area (Å²) in [7, 11) is 0. The van der Waals surface area contributed by atoms with E-state index in [2.05, 4.69) is 5.32 Å². The number of hydrogen-bond donors (Lipinski definition) is 1. The molecule has 1 saturated carbocycles. The van der Waals surface area contributed by atoms with Crippen molar-refractivity contribution in [3.8, 4) is 0 Å². The van der Waals surface area contributed by atoms with Gasteiger partial charge in [-0.05, 0) is 48.1 Å². The fourth-order valence-corrected chi connectivity index (χ4v) is 2.62. The molecular formula is C20H22ClNO3. The van der Waals surface area contributed by atoms with Crippen molar-refractivity contribution >= 4 is 23.2 Å². The summed E-state index contributed by atoms with van der Waals surface area (Å²) < 4.78 is 11.1. The number of anilines is 1. The van der Waals surface area contributed by atoms with Crippen LogP contribution in [0.25, 0.3) is 0 Å². The van der Waals surface area contributed by atoms with Gasteiger partial charge in [0.05, 0.1) is 13.2 Å². The molecule has 1 amide bonds. The molecule has 0 unspecified atom stereocenters. The Morgan fingerprint density at radius 1 is 1.08 bits per heavy atom. The first-order valence-corrected chi connectivity index (χ1v) is 8.86. The lowest BCUT2D eigenvalue weighted by atomic mass is 10.2. The molecule has 0 aromatic heterocycles. The minimum Gasteiger partial charge on any atom is -0.376 e. The third-order valence-electron chi connectivity index (χ3n) is 3.98. The molecule has 25 heavy (non-hydrogen) atoms. The van der Waals surface area contributed by atoms with Crippen molar-refractivity contribution in [1.29, 1.82) is 0 Å². The molecule has 0 aliphatic heterocycles. The lowest BCUT2D eigenvalue weighted by Crippen LogP contribution is -2.18. The molecule has 0 spiro atoms. The van der Waals surface area contributed by atoms with Crippen molar-refractivity contribution in [3.05, 3.63) is 64.7 Å². The molecule has 0 radical (unpaired) electrons. The van der Waals surface area contributed by atoms with E-state index in [1.807, 2.05) is 42.5 Å². The van der Waals surface area contributed by atoms with E-state index in [0.717, 1.165) is 29.3 Å². The Bertz CT molecular complexity index is 716. The standard InChI is InChI=1S/C20H22ClNO3/c21-19-7-2-1-5-17(19)13-25-14-20(23)22-18-6-3-4-16(10-18)12-24-11-15-8-9-15/h1-7,10,15H,8-9,11-14H2,(H,22,23). The third kappa shape index (κ3) is 6.16. The van der Waals surface area contributed by atoms with Gasteiger partial charge in [0.1, 0.15) is 6.61 Å². The molecule has 0 bridgehead atoms. The van der Waals surface area contributed by atoms with Crippen LogP contribution in [0.15, 0.2) is 48.5 Å². The van der Waals surface area contributed by atoms with Gasteiger partial charge in [0, 0.05) is 17.3 Å². The predicted octanol–water partition coefficient (Wildman–Crippen LogP) is 4.42. The van der Waals surface area contributed by atoms with E-state index in [-0.39, 0.29) is 12.5 Å². The summed E-state index contributed by atoms with van der Waals surface area (Å²) in [6.45, 7) is 1.69. The van der Waals surface area contributed by atoms with Crippen molar-refractivity contribution in [1.82, 2.24) is 0 Å². The van der Waals surface area contributed by atoms with Crippen LogP contribution in [0.4, 0.5) is 5.69 Å². The first-order chi connectivity index (χ1) is 12.2. The van der Waals surface area contributed by atoms with Gasteiger partial charge in [-0.15, -0.1) is 0 Å². The van der Waals surface area contributed by atoms with Crippen LogP contribution in [0.3, 0.4) is 0 Å². The van der Waals surface area contributed by atoms with E-state index in [4.69, 9.17) is 21.1 Å². The summed E-state index contributed by atoms with van der Waals surface area (Å²) in [6, 6.07) is 15.1. The number of nitrogens with one attached hydrogen (secondary N) is 1. The van der Waals surface area contributed by atoms with Gasteiger partial charge in [0.15, 0.2) is 0 Å². The zero-order valence-electron chi connectivity index (χ0n) is 14.0. The Hall–Kier alpha value is -1.88. The molecule has 132 valence electrons. The summed E-state index contributed by atoms with van der Waals surface area (Å²) >= 11 is 6.06. The number of ether oxygens (including phenoxy) is 2. The highest BCUT2D eigenvalue weighted by molar-refractivity contribution is 6.31. The third-order valence-corrected chi connectivity index (χ3v) is 4.35. The van der Waals surface area contributed by atoms with E-state index in [9.17, 15) is 4.79 Å². The van der Waals surface area contributed by atoms with Gasteiger partial charge in [-0.1, -0.05) is 41.9 Å². The normalized spacial score (nSPS) is 13.6. The predicted molar refractivity (Wildman–Crippen MR) is 98.6 cm³/mol. The summed E-state index contributed by atoms with van der Waals surface area (Å²) in [6.07, 6.45) is 2.56. The number of carbonyl (C=O) groups excluding carboxylic acids is 1. The second-order valence-corrected chi connectivity index (χ2v) is 6.70. The van der Waals surface area contributed by atoms with E-state index in [0.29, 0.717) is 18.2 Å². The van der Waals surface area contributed by atoms with Crippen LogP contribution in [0, 0.1) is 5.92 Å². The molecular weight excluding hydrogens is 338 g/mol. The van der Waals surface area contributed by atoms with E-state index in [1.165, 1.54) is 12.8 Å². The van der Waals surface area contributed by atoms with Crippen LogP contribution >= 0.6 is 11.6 Å². The molecule has 1 fully saturated rings. The van der Waals surface area contributed by atoms with Gasteiger partial charge in [0.25, 0.3) is 0 Å². The van der Waals surface area contributed by atoms with E-state index >= 15 is 0 Å². The van der Waals surface area contributed by atoms with E-state index < -0.39 is 0 Å². The molecule has 5 heteroatoms. The Labute approximate surface area is 153 Å². The van der Waals surface area contributed by atoms with Crippen molar-refractivity contribution in [3.63, 3.8) is 0 Å². The molecule has 0 heterocycles. The van der Waals surface area contributed by atoms with Crippen LogP contribution in [0.1, 0.15) is 24.0 Å². The van der Waals surface area contributed by atoms with Crippen molar-refractivity contribution in [2.45, 2.75) is 26.1 Å². The molecule has 1 aliphatic carbocycles. The molecule has 0 atom stereocenters. The largest absolute Gasteiger partial charge is 0.376 e. The van der Waals surface area contributed by atoms with Gasteiger partial charge in [0.2, 0.25) is 5.91 Å². The maximum atomic E-state index is 12.0. The van der Waals surface area contributed by atoms with Crippen LogP contribution in [-0.2, 0) is 27.5 Å². The van der Waals surface area contributed by atoms with Crippen molar-refractivity contribution in [2.75, 3.05) is 18.5 Å². The average Bonchev–Trinajstić information content (AvgIpc) is 3.41. The maximum absolute atomic E-state index is 12.0. The quantitative estimate of drug-likeness (QED) is 0.720. The lowest BCUT2D eigenvalue weighted by molar-refractivity contribution is -0.121. The SMILES string of the molecule is O=C(COCc1ccccc1Cl)Nc1cccc(COCC2CC2)c1. The number of amides is 1. The van der Waals surface area contributed by atoms with Gasteiger partial charge >= 0.3 is 0 Å². The Balaban J connectivity index is 1.41. The lowest BCUT2D eigenvalue weighted by Gasteiger charge is -2.09. The summed E-state index contributed by atoms with van der Waals surface area (Å²) in [5, 5.41) is 3.48. The minimum absolute atomic E-state index is 0.0202. The topological polar surface area (TPSA) is 47.6 Å². The van der Waals surface area contributed by atoms with Crippen molar-refractivity contribution < 1.29 is 14.3 Å². The van der Waals surface area contributed by atoms with Crippen LogP contribution in [0.2, 0.25) is 5.02 Å². The zero-order chi connectivity index (χ0) is 17.5. The number of hydrogen-bond acceptors (Lipinski definition) is 3. The fraction of sp³-hybridized carbons (Fsp3) is 0.350. The zero-order valence-corrected chi connectivity index (χ0v) is 14.8. The number of halogens is 1. The second kappa shape index (κ2) is 8.99. The molecule has 3 rings (SSSR count). The van der Waals surface area contributed by atoms with Gasteiger partial charge < -0.3 is 14.8 Å². The maximum Gasteiger partial charge on any atom is 0.250 e. The summed E-state index contributed by atoms with van der Waals surface area (Å²) in [5.41, 5.74) is 2.67. The van der Waals surface area contributed by atoms with Crippen LogP contribution in [-0.4, -0.2) is 19.1 Å². The molecule has 2 aromatic rings. The number of carbonyl (C=O) groups is 1. The van der Waals surface area contributed by atoms with Gasteiger partial charge in [-0.3, -0.25) is 4.79 Å². The summed E-state index contributed by atoms with van der Waals surface area (Å²) in [4.78, 5) is 12.0. The first-order valence-electron chi connectivity index (χ1n) is 8.48. The van der Waals surface area contributed by atoms with Crippen LogP contribution in [0.5, 0.6) is 0 Å². The Morgan fingerprint density at radius 2 is 1.92 bits per heavy atom. The second-order valence-electron chi connectivity index (χ2n) is 6.29. The highest BCUT2D eigenvalue weighted by Gasteiger charge is 2.21. The highest BCUT2D eigenvalue weighted by Crippen LogP contribution is 2.29. The molecule has 1 aliphatic rings. The number of rotatable bonds is 9. The average molecular weight is 360 g/mol. The molecule has 4 nitrogen and oxygen atoms in total. The first kappa shape index (κ1) is 17.9. The summed E-state index contributed by atoms with van der Waals surface area (Å²) in [5.74, 6) is 0.557. The minimum atomic E-state index is -0.192. The Kier molecular flexibility index (Phi) is 6.45. The van der Waals surface area contributed by atoms with Gasteiger partial charge in [-0.2, -0.15) is 0 Å². The highest BCUT2D eigenvalue weighted by atomic mass is 35.5.